The molecule has 6 heteroatoms. The van der Waals surface area contributed by atoms with E-state index in [4.69, 9.17) is 0 Å². The van der Waals surface area contributed by atoms with Gasteiger partial charge in [-0.25, -0.2) is 13.1 Å². The van der Waals surface area contributed by atoms with Crippen LogP contribution >= 0.6 is 0 Å². The van der Waals surface area contributed by atoms with Gasteiger partial charge in [-0.05, 0) is 27.7 Å². The molecule has 0 saturated heterocycles. The predicted octanol–water partition coefficient (Wildman–Crippen LogP) is 0.657. The van der Waals surface area contributed by atoms with E-state index in [0.29, 0.717) is 0 Å². The van der Waals surface area contributed by atoms with E-state index in [1.165, 1.54) is 0 Å². The Kier molecular flexibility index (Phi) is 5.23. The van der Waals surface area contributed by atoms with Crippen LogP contribution in [0.2, 0.25) is 0 Å². The second-order valence-corrected chi connectivity index (χ2v) is 6.07. The first-order valence-electron chi connectivity index (χ1n) is 4.83. The Morgan fingerprint density at radius 2 is 1.87 bits per heavy atom. The fraction of sp³-hybridized carbons (Fsp3) is 0.889. The maximum absolute atomic E-state index is 11.4. The molecule has 0 amide bonds. The second-order valence-electron chi connectivity index (χ2n) is 4.23. The SMILES string of the molecule is CCOC(=O)CCS(=O)(=O)NC(C)(C)C. The Labute approximate surface area is 91.2 Å². The molecule has 0 rings (SSSR count). The van der Waals surface area contributed by atoms with Gasteiger partial charge in [-0.15, -0.1) is 0 Å². The van der Waals surface area contributed by atoms with Crippen molar-refractivity contribution in [2.75, 3.05) is 12.4 Å². The minimum absolute atomic E-state index is 0.112. The highest BCUT2D eigenvalue weighted by Crippen LogP contribution is 2.03. The molecular weight excluding hydrogens is 218 g/mol. The van der Waals surface area contributed by atoms with E-state index in [2.05, 4.69) is 9.46 Å². The number of sulfonamides is 1. The summed E-state index contributed by atoms with van der Waals surface area (Å²) in [5, 5.41) is 0. The minimum Gasteiger partial charge on any atom is -0.466 e. The third-order valence-corrected chi connectivity index (χ3v) is 3.01. The molecule has 5 nitrogen and oxygen atoms in total. The molecule has 0 heterocycles. The van der Waals surface area contributed by atoms with Crippen LogP contribution in [0.25, 0.3) is 0 Å². The Bertz CT molecular complexity index is 303. The molecule has 0 aliphatic carbocycles. The van der Waals surface area contributed by atoms with Crippen LogP contribution in [-0.2, 0) is 19.6 Å². The van der Waals surface area contributed by atoms with Crippen molar-refractivity contribution >= 4 is 16.0 Å². The van der Waals surface area contributed by atoms with Crippen molar-refractivity contribution in [3.8, 4) is 0 Å². The smallest absolute Gasteiger partial charge is 0.306 e. The van der Waals surface area contributed by atoms with Crippen LogP contribution in [0.3, 0.4) is 0 Å². The number of hydrogen-bond donors (Lipinski definition) is 1. The summed E-state index contributed by atoms with van der Waals surface area (Å²) in [5.74, 6) is -0.722. The van der Waals surface area contributed by atoms with E-state index >= 15 is 0 Å². The van der Waals surface area contributed by atoms with Crippen LogP contribution in [-0.4, -0.2) is 32.3 Å². The number of hydrogen-bond acceptors (Lipinski definition) is 4. The Hall–Kier alpha value is -0.620. The molecule has 0 fully saturated rings. The summed E-state index contributed by atoms with van der Waals surface area (Å²) < 4.78 is 30.0. The van der Waals surface area contributed by atoms with Crippen LogP contribution in [0.15, 0.2) is 0 Å². The van der Waals surface area contributed by atoms with Crippen molar-refractivity contribution < 1.29 is 17.9 Å². The lowest BCUT2D eigenvalue weighted by atomic mass is 10.1. The standard InChI is InChI=1S/C9H19NO4S/c1-5-14-8(11)6-7-15(12,13)10-9(2,3)4/h10H,5-7H2,1-4H3. The number of esters is 1. The highest BCUT2D eigenvalue weighted by Gasteiger charge is 2.20. The summed E-state index contributed by atoms with van der Waals surface area (Å²) in [7, 11) is -3.40. The van der Waals surface area contributed by atoms with Gasteiger partial charge in [-0.2, -0.15) is 0 Å². The van der Waals surface area contributed by atoms with Crippen LogP contribution in [0.1, 0.15) is 34.1 Å². The zero-order chi connectivity index (χ0) is 12.1. The minimum atomic E-state index is -3.40. The lowest BCUT2D eigenvalue weighted by Crippen LogP contribution is -2.42. The van der Waals surface area contributed by atoms with Gasteiger partial charge in [0.1, 0.15) is 0 Å². The van der Waals surface area contributed by atoms with Crippen molar-refractivity contribution in [2.45, 2.75) is 39.7 Å². The van der Waals surface area contributed by atoms with E-state index in [9.17, 15) is 13.2 Å². The molecule has 0 saturated carbocycles. The maximum atomic E-state index is 11.4. The van der Waals surface area contributed by atoms with Gasteiger partial charge in [0.15, 0.2) is 0 Å². The number of carbonyl (C=O) groups is 1. The molecule has 0 spiro atoms. The van der Waals surface area contributed by atoms with Gasteiger partial charge in [0.25, 0.3) is 0 Å². The molecule has 0 atom stereocenters. The van der Waals surface area contributed by atoms with Gasteiger partial charge in [-0.1, -0.05) is 0 Å². The molecule has 0 radical (unpaired) electrons. The molecule has 0 aromatic rings. The predicted molar refractivity (Wildman–Crippen MR) is 57.9 cm³/mol. The van der Waals surface area contributed by atoms with Gasteiger partial charge in [0.05, 0.1) is 18.8 Å². The summed E-state index contributed by atoms with van der Waals surface area (Å²) >= 11 is 0. The monoisotopic (exact) mass is 237 g/mol. The summed E-state index contributed by atoms with van der Waals surface area (Å²) in [6, 6.07) is 0. The molecule has 0 unspecified atom stereocenters. The van der Waals surface area contributed by atoms with Crippen molar-refractivity contribution in [2.24, 2.45) is 0 Å². The lowest BCUT2D eigenvalue weighted by molar-refractivity contribution is -0.142. The fourth-order valence-corrected chi connectivity index (χ4v) is 2.44. The number of nitrogens with one attached hydrogen (secondary N) is 1. The molecular formula is C9H19NO4S. The number of carbonyl (C=O) groups excluding carboxylic acids is 1. The van der Waals surface area contributed by atoms with Gasteiger partial charge < -0.3 is 4.74 Å². The van der Waals surface area contributed by atoms with Gasteiger partial charge in [0, 0.05) is 5.54 Å². The zero-order valence-electron chi connectivity index (χ0n) is 9.66. The van der Waals surface area contributed by atoms with E-state index < -0.39 is 21.5 Å². The highest BCUT2D eigenvalue weighted by molar-refractivity contribution is 7.89. The normalized spacial score (nSPS) is 12.5. The molecule has 15 heavy (non-hydrogen) atoms. The van der Waals surface area contributed by atoms with Gasteiger partial charge >= 0.3 is 5.97 Å². The highest BCUT2D eigenvalue weighted by atomic mass is 32.2. The van der Waals surface area contributed by atoms with Crippen LogP contribution in [0.4, 0.5) is 0 Å². The first-order chi connectivity index (χ1) is 6.66. The number of rotatable bonds is 5. The summed E-state index contributed by atoms with van der Waals surface area (Å²) in [5.41, 5.74) is -0.520. The van der Waals surface area contributed by atoms with Crippen molar-refractivity contribution in [1.82, 2.24) is 4.72 Å². The molecule has 90 valence electrons. The van der Waals surface area contributed by atoms with Gasteiger partial charge in [-0.3, -0.25) is 4.79 Å². The lowest BCUT2D eigenvalue weighted by Gasteiger charge is -2.19. The van der Waals surface area contributed by atoms with E-state index in [1.54, 1.807) is 27.7 Å². The largest absolute Gasteiger partial charge is 0.466 e. The second kappa shape index (κ2) is 5.46. The van der Waals surface area contributed by atoms with Crippen molar-refractivity contribution in [1.29, 1.82) is 0 Å². The van der Waals surface area contributed by atoms with Crippen LogP contribution < -0.4 is 4.72 Å². The molecule has 0 bridgehead atoms. The Morgan fingerprint density at radius 3 is 2.27 bits per heavy atom. The summed E-state index contributed by atoms with van der Waals surface area (Å²) in [4.78, 5) is 10.9. The molecule has 0 aromatic heterocycles. The van der Waals surface area contributed by atoms with E-state index in [0.717, 1.165) is 0 Å². The molecule has 0 aliphatic heterocycles. The molecule has 0 aliphatic rings. The first kappa shape index (κ1) is 14.4. The molecule has 0 aromatic carbocycles. The summed E-state index contributed by atoms with van der Waals surface area (Å²) in [6.45, 7) is 7.18. The Balaban J connectivity index is 4.12. The Morgan fingerprint density at radius 1 is 1.33 bits per heavy atom. The third-order valence-electron chi connectivity index (χ3n) is 1.34. The fourth-order valence-electron chi connectivity index (χ4n) is 0.968. The topological polar surface area (TPSA) is 72.5 Å². The zero-order valence-corrected chi connectivity index (χ0v) is 10.5. The van der Waals surface area contributed by atoms with Crippen LogP contribution in [0, 0.1) is 0 Å². The van der Waals surface area contributed by atoms with Crippen LogP contribution in [0.5, 0.6) is 0 Å². The van der Waals surface area contributed by atoms with Gasteiger partial charge in [0.2, 0.25) is 10.0 Å². The van der Waals surface area contributed by atoms with Crippen molar-refractivity contribution in [3.05, 3.63) is 0 Å². The first-order valence-corrected chi connectivity index (χ1v) is 6.49. The maximum Gasteiger partial charge on any atom is 0.306 e. The van der Waals surface area contributed by atoms with Crippen molar-refractivity contribution in [3.63, 3.8) is 0 Å². The molecule has 1 N–H and O–H groups in total. The summed E-state index contributed by atoms with van der Waals surface area (Å²) in [6.07, 6.45) is -0.112. The quantitative estimate of drug-likeness (QED) is 0.713. The van der Waals surface area contributed by atoms with E-state index in [1.807, 2.05) is 0 Å². The third kappa shape index (κ3) is 8.38. The average Bonchev–Trinajstić information content (AvgIpc) is 1.97. The average molecular weight is 237 g/mol. The van der Waals surface area contributed by atoms with E-state index in [-0.39, 0.29) is 18.8 Å². The number of ether oxygens (including phenoxy) is 1.